The molecule has 0 aromatic carbocycles. The zero-order chi connectivity index (χ0) is 5.58. The van der Waals surface area contributed by atoms with E-state index in [4.69, 9.17) is 20.1 Å². The van der Waals surface area contributed by atoms with Crippen LogP contribution in [0.4, 0.5) is 4.79 Å². The van der Waals surface area contributed by atoms with Gasteiger partial charge in [-0.3, -0.25) is 0 Å². The predicted octanol–water partition coefficient (Wildman–Crippen LogP) is -3.22. The molecule has 5 heteroatoms. The number of rotatable bonds is 0. The monoisotopic (exact) mass is 132 g/mol. The molecule has 0 amide bonds. The third kappa shape index (κ3) is 545. The van der Waals surface area contributed by atoms with Crippen molar-refractivity contribution in [2.45, 2.75) is 0 Å². The van der Waals surface area contributed by atoms with Crippen molar-refractivity contribution in [2.75, 3.05) is 7.11 Å². The molecule has 0 saturated heterocycles. The standard InChI is InChI=1S/CH2O3.CH4O.Ca/c2-1(3)4;1-2;/h(H2,2,3,4);2H,1H3;/q;;+2/p-2. The number of aliphatic hydroxyl groups excluding tert-OH is 1. The predicted molar refractivity (Wildman–Crippen MR) is 19.3 cm³/mol. The van der Waals surface area contributed by atoms with Gasteiger partial charge in [0.1, 0.15) is 0 Å². The van der Waals surface area contributed by atoms with E-state index in [9.17, 15) is 0 Å². The van der Waals surface area contributed by atoms with Gasteiger partial charge in [0.05, 0.1) is 0 Å². The number of carbonyl (C=O) groups is 1. The molecule has 0 rings (SSSR count). The van der Waals surface area contributed by atoms with Crippen molar-refractivity contribution in [1.82, 2.24) is 0 Å². The van der Waals surface area contributed by atoms with Crippen LogP contribution in [-0.2, 0) is 0 Å². The smallest absolute Gasteiger partial charge is 0.652 e. The van der Waals surface area contributed by atoms with Crippen LogP contribution >= 0.6 is 0 Å². The van der Waals surface area contributed by atoms with Gasteiger partial charge < -0.3 is 20.1 Å². The van der Waals surface area contributed by atoms with Gasteiger partial charge >= 0.3 is 37.7 Å². The van der Waals surface area contributed by atoms with Gasteiger partial charge in [0.2, 0.25) is 0 Å². The molecule has 0 fully saturated rings. The zero-order valence-corrected chi connectivity index (χ0v) is 6.09. The average molecular weight is 132 g/mol. The number of carbonyl (C=O) groups excluding carboxylic acids is 1. The van der Waals surface area contributed by atoms with E-state index in [-0.39, 0.29) is 37.7 Å². The largest absolute Gasteiger partial charge is 2.00 e. The van der Waals surface area contributed by atoms with E-state index in [0.717, 1.165) is 7.11 Å². The maximum atomic E-state index is 8.33. The summed E-state index contributed by atoms with van der Waals surface area (Å²) >= 11 is 0. The summed E-state index contributed by atoms with van der Waals surface area (Å²) in [6.07, 6.45) is -2.33. The van der Waals surface area contributed by atoms with Crippen molar-refractivity contribution in [3.05, 3.63) is 0 Å². The first kappa shape index (κ1) is 15.6. The summed E-state index contributed by atoms with van der Waals surface area (Å²) in [6.45, 7) is 0. The van der Waals surface area contributed by atoms with Crippen molar-refractivity contribution in [3.63, 3.8) is 0 Å². The van der Waals surface area contributed by atoms with E-state index < -0.39 is 6.16 Å². The summed E-state index contributed by atoms with van der Waals surface area (Å²) in [5.41, 5.74) is 0. The van der Waals surface area contributed by atoms with Crippen molar-refractivity contribution in [2.24, 2.45) is 0 Å². The van der Waals surface area contributed by atoms with Crippen molar-refractivity contribution in [1.29, 1.82) is 0 Å². The molecule has 0 aromatic heterocycles. The third-order valence-corrected chi connectivity index (χ3v) is 0. The van der Waals surface area contributed by atoms with Crippen LogP contribution < -0.4 is 10.2 Å². The Morgan fingerprint density at radius 2 is 1.43 bits per heavy atom. The Kier molecular flexibility index (Phi) is 35.9. The Morgan fingerprint density at radius 3 is 1.43 bits per heavy atom. The van der Waals surface area contributed by atoms with Crippen molar-refractivity contribution >= 4 is 43.9 Å². The Labute approximate surface area is 70.8 Å². The molecule has 0 aromatic rings. The van der Waals surface area contributed by atoms with Crippen LogP contribution in [-0.4, -0.2) is 56.1 Å². The Balaban J connectivity index is -0.0000000480. The van der Waals surface area contributed by atoms with E-state index in [1.54, 1.807) is 0 Å². The van der Waals surface area contributed by atoms with Gasteiger partial charge in [0.25, 0.3) is 0 Å². The normalized spacial score (nSPS) is 4.29. The quantitative estimate of drug-likeness (QED) is 0.351. The molecule has 0 heterocycles. The SMILES string of the molecule is CO.O=C([O-])[O-].[Ca+2]. The molecule has 0 aliphatic carbocycles. The van der Waals surface area contributed by atoms with Crippen molar-refractivity contribution in [3.8, 4) is 0 Å². The molecule has 0 atom stereocenters. The van der Waals surface area contributed by atoms with E-state index in [1.807, 2.05) is 0 Å². The van der Waals surface area contributed by atoms with Gasteiger partial charge in [0, 0.05) is 7.11 Å². The minimum absolute atomic E-state index is 0. The second-order valence-electron chi connectivity index (χ2n) is 0.250. The molecule has 0 radical (unpaired) electrons. The number of aliphatic hydroxyl groups is 1. The van der Waals surface area contributed by atoms with E-state index in [0.29, 0.717) is 0 Å². The molecule has 0 spiro atoms. The number of carboxylic acid groups (broad SMARTS) is 2. The first-order valence-electron chi connectivity index (χ1n) is 1.06. The summed E-state index contributed by atoms with van der Waals surface area (Å²) in [4.78, 5) is 8.33. The number of hydrogen-bond acceptors (Lipinski definition) is 4. The molecule has 38 valence electrons. The molecule has 0 aliphatic heterocycles. The second kappa shape index (κ2) is 16.1. The Morgan fingerprint density at radius 1 is 1.43 bits per heavy atom. The van der Waals surface area contributed by atoms with Gasteiger partial charge in [-0.1, -0.05) is 0 Å². The van der Waals surface area contributed by atoms with Crippen LogP contribution in [0.5, 0.6) is 0 Å². The fourth-order valence-electron chi connectivity index (χ4n) is 0. The Hall–Kier alpha value is 0.490. The van der Waals surface area contributed by atoms with Crippen LogP contribution in [0.3, 0.4) is 0 Å². The fourth-order valence-corrected chi connectivity index (χ4v) is 0. The van der Waals surface area contributed by atoms with Crippen LogP contribution in [0.1, 0.15) is 0 Å². The molecule has 4 nitrogen and oxygen atoms in total. The molecular weight excluding hydrogens is 128 g/mol. The summed E-state index contributed by atoms with van der Waals surface area (Å²) in [5.74, 6) is 0. The first-order valence-corrected chi connectivity index (χ1v) is 1.06. The third-order valence-electron chi connectivity index (χ3n) is 0. The molecule has 0 unspecified atom stereocenters. The maximum Gasteiger partial charge on any atom is 2.00 e. The summed E-state index contributed by atoms with van der Waals surface area (Å²) in [6, 6.07) is 0. The van der Waals surface area contributed by atoms with Gasteiger partial charge in [-0.2, -0.15) is 0 Å². The van der Waals surface area contributed by atoms with E-state index in [2.05, 4.69) is 0 Å². The minimum atomic E-state index is -2.33. The van der Waals surface area contributed by atoms with Crippen LogP contribution in [0.25, 0.3) is 0 Å². The average Bonchev–Trinajstić information content (AvgIpc) is 1.41. The van der Waals surface area contributed by atoms with Gasteiger partial charge in [-0.05, 0) is 6.16 Å². The summed E-state index contributed by atoms with van der Waals surface area (Å²) < 4.78 is 0. The molecule has 1 N–H and O–H groups in total. The van der Waals surface area contributed by atoms with E-state index >= 15 is 0 Å². The molecule has 0 bridgehead atoms. The topological polar surface area (TPSA) is 83.4 Å². The van der Waals surface area contributed by atoms with Gasteiger partial charge in [0.15, 0.2) is 0 Å². The second-order valence-corrected chi connectivity index (χ2v) is 0.250. The van der Waals surface area contributed by atoms with Crippen molar-refractivity contribution < 1.29 is 20.1 Å². The van der Waals surface area contributed by atoms with E-state index in [1.165, 1.54) is 0 Å². The molecule has 7 heavy (non-hydrogen) atoms. The molecular formula is C2H4CaO4. The molecule has 0 aliphatic rings. The summed E-state index contributed by atoms with van der Waals surface area (Å²) in [5, 5.41) is 23.7. The fraction of sp³-hybridized carbons (Fsp3) is 0.500. The summed E-state index contributed by atoms with van der Waals surface area (Å²) in [7, 11) is 1.00. The zero-order valence-electron chi connectivity index (χ0n) is 3.88. The number of hydrogen-bond donors (Lipinski definition) is 1. The maximum absolute atomic E-state index is 8.33. The van der Waals surface area contributed by atoms with Crippen LogP contribution in [0.2, 0.25) is 0 Å². The van der Waals surface area contributed by atoms with Gasteiger partial charge in [-0.25, -0.2) is 0 Å². The molecule has 0 saturated carbocycles. The first-order chi connectivity index (χ1) is 2.73. The minimum Gasteiger partial charge on any atom is -0.652 e. The van der Waals surface area contributed by atoms with Crippen LogP contribution in [0.15, 0.2) is 0 Å². The van der Waals surface area contributed by atoms with Crippen LogP contribution in [0, 0.1) is 0 Å². The van der Waals surface area contributed by atoms with Gasteiger partial charge in [-0.15, -0.1) is 0 Å². The Bertz CT molecular complexity index is 32.7.